The molecule has 1 rings (SSSR count). The summed E-state index contributed by atoms with van der Waals surface area (Å²) in [5, 5.41) is 3.56. The SMILES string of the molecule is CCCNC(CCC)COc1ccccc1C(C)C. The van der Waals surface area contributed by atoms with E-state index in [9.17, 15) is 0 Å². The van der Waals surface area contributed by atoms with Crippen molar-refractivity contribution < 1.29 is 4.74 Å². The molecule has 1 aromatic rings. The van der Waals surface area contributed by atoms with E-state index in [-0.39, 0.29) is 0 Å². The van der Waals surface area contributed by atoms with E-state index in [0.29, 0.717) is 12.0 Å². The quantitative estimate of drug-likeness (QED) is 0.715. The summed E-state index contributed by atoms with van der Waals surface area (Å²) in [5.41, 5.74) is 1.30. The first-order chi connectivity index (χ1) is 9.19. The predicted molar refractivity (Wildman–Crippen MR) is 83.0 cm³/mol. The first-order valence-electron chi connectivity index (χ1n) is 7.64. The Morgan fingerprint density at radius 2 is 1.84 bits per heavy atom. The molecule has 0 aromatic heterocycles. The zero-order valence-electron chi connectivity index (χ0n) is 12.9. The first kappa shape index (κ1) is 16.0. The van der Waals surface area contributed by atoms with Crippen molar-refractivity contribution in [1.82, 2.24) is 5.32 Å². The molecule has 0 amide bonds. The number of benzene rings is 1. The molecule has 0 saturated carbocycles. The topological polar surface area (TPSA) is 21.3 Å². The highest BCUT2D eigenvalue weighted by Crippen LogP contribution is 2.26. The standard InChI is InChI=1S/C17H29NO/c1-5-9-15(18-12-6-2)13-19-17-11-8-7-10-16(17)14(3)4/h7-8,10-11,14-15,18H,5-6,9,12-13H2,1-4H3. The molecule has 0 aliphatic rings. The van der Waals surface area contributed by atoms with Gasteiger partial charge in [-0.2, -0.15) is 0 Å². The van der Waals surface area contributed by atoms with E-state index in [0.717, 1.165) is 18.9 Å². The average molecular weight is 263 g/mol. The van der Waals surface area contributed by atoms with E-state index in [1.165, 1.54) is 24.8 Å². The van der Waals surface area contributed by atoms with Crippen molar-refractivity contribution >= 4 is 0 Å². The Hall–Kier alpha value is -1.02. The zero-order valence-corrected chi connectivity index (χ0v) is 12.9. The third-order valence-electron chi connectivity index (χ3n) is 3.30. The van der Waals surface area contributed by atoms with E-state index in [2.05, 4.69) is 57.3 Å². The highest BCUT2D eigenvalue weighted by molar-refractivity contribution is 5.35. The summed E-state index contributed by atoms with van der Waals surface area (Å²) in [4.78, 5) is 0. The molecule has 1 unspecified atom stereocenters. The van der Waals surface area contributed by atoms with Gasteiger partial charge in [0.05, 0.1) is 0 Å². The van der Waals surface area contributed by atoms with Crippen LogP contribution in [0.3, 0.4) is 0 Å². The molecule has 0 radical (unpaired) electrons. The van der Waals surface area contributed by atoms with E-state index < -0.39 is 0 Å². The summed E-state index contributed by atoms with van der Waals surface area (Å²) in [5.74, 6) is 1.54. The minimum atomic E-state index is 0.463. The minimum Gasteiger partial charge on any atom is -0.492 e. The van der Waals surface area contributed by atoms with Crippen LogP contribution in [0.2, 0.25) is 0 Å². The third-order valence-corrected chi connectivity index (χ3v) is 3.30. The van der Waals surface area contributed by atoms with E-state index in [1.807, 2.05) is 0 Å². The van der Waals surface area contributed by atoms with Crippen LogP contribution in [0.15, 0.2) is 24.3 Å². The minimum absolute atomic E-state index is 0.463. The van der Waals surface area contributed by atoms with Crippen LogP contribution in [0, 0.1) is 0 Å². The van der Waals surface area contributed by atoms with Crippen molar-refractivity contribution in [2.75, 3.05) is 13.2 Å². The van der Waals surface area contributed by atoms with Gasteiger partial charge in [0.15, 0.2) is 0 Å². The van der Waals surface area contributed by atoms with Gasteiger partial charge in [0, 0.05) is 6.04 Å². The van der Waals surface area contributed by atoms with Crippen molar-refractivity contribution in [2.24, 2.45) is 0 Å². The Morgan fingerprint density at radius 1 is 1.11 bits per heavy atom. The van der Waals surface area contributed by atoms with Crippen LogP contribution < -0.4 is 10.1 Å². The van der Waals surface area contributed by atoms with Gasteiger partial charge in [0.25, 0.3) is 0 Å². The van der Waals surface area contributed by atoms with Gasteiger partial charge in [-0.25, -0.2) is 0 Å². The van der Waals surface area contributed by atoms with Crippen LogP contribution in [0.25, 0.3) is 0 Å². The Labute approximate surface area is 118 Å². The molecule has 19 heavy (non-hydrogen) atoms. The van der Waals surface area contributed by atoms with Crippen LogP contribution in [-0.4, -0.2) is 19.2 Å². The number of hydrogen-bond acceptors (Lipinski definition) is 2. The summed E-state index contributed by atoms with van der Waals surface area (Å²) in [7, 11) is 0. The van der Waals surface area contributed by atoms with Crippen LogP contribution in [0.4, 0.5) is 0 Å². The highest BCUT2D eigenvalue weighted by atomic mass is 16.5. The Balaban J connectivity index is 2.58. The monoisotopic (exact) mass is 263 g/mol. The van der Waals surface area contributed by atoms with Gasteiger partial charge in [-0.05, 0) is 36.9 Å². The van der Waals surface area contributed by atoms with Crippen LogP contribution >= 0.6 is 0 Å². The number of ether oxygens (including phenoxy) is 1. The average Bonchev–Trinajstić information content (AvgIpc) is 2.42. The lowest BCUT2D eigenvalue weighted by atomic mass is 10.0. The van der Waals surface area contributed by atoms with Gasteiger partial charge in [-0.3, -0.25) is 0 Å². The first-order valence-corrected chi connectivity index (χ1v) is 7.64. The van der Waals surface area contributed by atoms with Crippen molar-refractivity contribution in [1.29, 1.82) is 0 Å². The number of rotatable bonds is 9. The summed E-state index contributed by atoms with van der Waals surface area (Å²) < 4.78 is 6.05. The molecular weight excluding hydrogens is 234 g/mol. The molecule has 0 fully saturated rings. The zero-order chi connectivity index (χ0) is 14.1. The normalized spacial score (nSPS) is 12.7. The summed E-state index contributed by atoms with van der Waals surface area (Å²) in [6.07, 6.45) is 3.53. The molecule has 0 heterocycles. The lowest BCUT2D eigenvalue weighted by molar-refractivity contribution is 0.253. The second kappa shape index (κ2) is 8.98. The summed E-state index contributed by atoms with van der Waals surface area (Å²) >= 11 is 0. The van der Waals surface area contributed by atoms with Crippen molar-refractivity contribution in [3.63, 3.8) is 0 Å². The lowest BCUT2D eigenvalue weighted by Gasteiger charge is -2.20. The van der Waals surface area contributed by atoms with Gasteiger partial charge < -0.3 is 10.1 Å². The van der Waals surface area contributed by atoms with Gasteiger partial charge >= 0.3 is 0 Å². The fourth-order valence-corrected chi connectivity index (χ4v) is 2.22. The predicted octanol–water partition coefficient (Wildman–Crippen LogP) is 4.36. The molecule has 1 atom stereocenters. The van der Waals surface area contributed by atoms with E-state index >= 15 is 0 Å². The fourth-order valence-electron chi connectivity index (χ4n) is 2.22. The van der Waals surface area contributed by atoms with Crippen molar-refractivity contribution in [3.8, 4) is 5.75 Å². The molecule has 0 aliphatic carbocycles. The number of nitrogens with one attached hydrogen (secondary N) is 1. The molecule has 108 valence electrons. The van der Waals surface area contributed by atoms with Crippen LogP contribution in [0.5, 0.6) is 5.75 Å². The number of hydrogen-bond donors (Lipinski definition) is 1. The Bertz CT molecular complexity index is 349. The Kier molecular flexibility index (Phi) is 7.57. The lowest BCUT2D eigenvalue weighted by Crippen LogP contribution is -2.35. The van der Waals surface area contributed by atoms with Gasteiger partial charge in [0.2, 0.25) is 0 Å². The second-order valence-electron chi connectivity index (χ2n) is 5.44. The summed E-state index contributed by atoms with van der Waals surface area (Å²) in [6.45, 7) is 10.7. The number of para-hydroxylation sites is 1. The molecule has 1 N–H and O–H groups in total. The summed E-state index contributed by atoms with van der Waals surface area (Å²) in [6, 6.07) is 8.84. The molecule has 0 saturated heterocycles. The molecule has 0 bridgehead atoms. The second-order valence-corrected chi connectivity index (χ2v) is 5.44. The van der Waals surface area contributed by atoms with Gasteiger partial charge in [0.1, 0.15) is 12.4 Å². The molecular formula is C17H29NO. The van der Waals surface area contributed by atoms with Gasteiger partial charge in [-0.15, -0.1) is 0 Å². The van der Waals surface area contributed by atoms with Crippen LogP contribution in [-0.2, 0) is 0 Å². The maximum Gasteiger partial charge on any atom is 0.122 e. The molecule has 2 nitrogen and oxygen atoms in total. The molecule has 0 spiro atoms. The largest absolute Gasteiger partial charge is 0.492 e. The molecule has 2 heteroatoms. The van der Waals surface area contributed by atoms with E-state index in [4.69, 9.17) is 4.74 Å². The molecule has 1 aromatic carbocycles. The Morgan fingerprint density at radius 3 is 2.47 bits per heavy atom. The van der Waals surface area contributed by atoms with E-state index in [1.54, 1.807) is 0 Å². The maximum atomic E-state index is 6.05. The highest BCUT2D eigenvalue weighted by Gasteiger charge is 2.11. The van der Waals surface area contributed by atoms with Gasteiger partial charge in [-0.1, -0.05) is 52.3 Å². The smallest absolute Gasteiger partial charge is 0.122 e. The third kappa shape index (κ3) is 5.65. The maximum absolute atomic E-state index is 6.05. The van der Waals surface area contributed by atoms with Crippen LogP contribution in [0.1, 0.15) is 58.4 Å². The molecule has 0 aliphatic heterocycles. The van der Waals surface area contributed by atoms with Crippen molar-refractivity contribution in [3.05, 3.63) is 29.8 Å². The fraction of sp³-hybridized carbons (Fsp3) is 0.647. The van der Waals surface area contributed by atoms with Crippen molar-refractivity contribution in [2.45, 2.75) is 58.9 Å².